The fourth-order valence-electron chi connectivity index (χ4n) is 0.698. The second-order valence-electron chi connectivity index (χ2n) is 2.16. The number of rotatable bonds is 4. The van der Waals surface area contributed by atoms with Crippen LogP contribution >= 0.6 is 0 Å². The monoisotopic (exact) mass is 172 g/mol. The molecule has 0 rings (SSSR count). The van der Waals surface area contributed by atoms with Gasteiger partial charge in [-0.2, -0.15) is 0 Å². The summed E-state index contributed by atoms with van der Waals surface area (Å²) in [6.07, 6.45) is -4.97. The fraction of sp³-hybridized carbons (Fsp3) is 1.00. The zero-order valence-electron chi connectivity index (χ0n) is 6.19. The quantitative estimate of drug-likeness (QED) is 0.699. The highest BCUT2D eigenvalue weighted by Gasteiger charge is 2.32. The minimum Gasteiger partial charge on any atom is -0.394 e. The van der Waals surface area contributed by atoms with Crippen LogP contribution in [0.25, 0.3) is 0 Å². The number of aliphatic hydroxyl groups is 1. The number of alkyl halides is 3. The van der Waals surface area contributed by atoms with Crippen LogP contribution in [0.3, 0.4) is 0 Å². The van der Waals surface area contributed by atoms with Crippen LogP contribution in [0.5, 0.6) is 0 Å². The number of hydrogen-bond donors (Lipinski definition) is 1. The van der Waals surface area contributed by atoms with E-state index in [2.05, 4.69) is 4.74 Å². The molecule has 1 N–H and O–H groups in total. The third-order valence-corrected chi connectivity index (χ3v) is 1.11. The van der Waals surface area contributed by atoms with Crippen molar-refractivity contribution in [2.45, 2.75) is 32.2 Å². The number of hydrogen-bond acceptors (Lipinski definition) is 2. The van der Waals surface area contributed by atoms with Gasteiger partial charge in [0.2, 0.25) is 0 Å². The van der Waals surface area contributed by atoms with E-state index >= 15 is 0 Å². The Morgan fingerprint density at radius 2 is 2.00 bits per heavy atom. The van der Waals surface area contributed by atoms with Crippen molar-refractivity contribution in [1.29, 1.82) is 0 Å². The summed E-state index contributed by atoms with van der Waals surface area (Å²) in [6.45, 7) is 1.13. The lowest BCUT2D eigenvalue weighted by Gasteiger charge is -2.15. The first kappa shape index (κ1) is 10.7. The summed E-state index contributed by atoms with van der Waals surface area (Å²) in [5.41, 5.74) is 0. The Bertz CT molecular complexity index is 102. The van der Waals surface area contributed by atoms with Crippen LogP contribution < -0.4 is 0 Å². The molecule has 0 radical (unpaired) electrons. The second kappa shape index (κ2) is 4.56. The molecule has 0 aromatic rings. The maximum Gasteiger partial charge on any atom is 0.522 e. The molecule has 0 fully saturated rings. The van der Waals surface area contributed by atoms with Gasteiger partial charge in [0, 0.05) is 0 Å². The van der Waals surface area contributed by atoms with Gasteiger partial charge in [0.15, 0.2) is 0 Å². The Labute approximate surface area is 63.0 Å². The summed E-state index contributed by atoms with van der Waals surface area (Å²) < 4.78 is 38.0. The first-order valence-corrected chi connectivity index (χ1v) is 3.35. The molecule has 0 unspecified atom stereocenters. The zero-order valence-corrected chi connectivity index (χ0v) is 6.19. The van der Waals surface area contributed by atoms with E-state index in [9.17, 15) is 13.2 Å². The molecule has 1 atom stereocenters. The van der Waals surface area contributed by atoms with Crippen molar-refractivity contribution >= 4 is 0 Å². The Morgan fingerprint density at radius 1 is 1.45 bits per heavy atom. The highest BCUT2D eigenvalue weighted by Crippen LogP contribution is 2.20. The molecule has 0 aliphatic heterocycles. The molecular weight excluding hydrogens is 161 g/mol. The summed E-state index contributed by atoms with van der Waals surface area (Å²) >= 11 is 0. The van der Waals surface area contributed by atoms with Crippen molar-refractivity contribution in [2.24, 2.45) is 0 Å². The molecule has 0 heterocycles. The minimum absolute atomic E-state index is 0.218. The third-order valence-electron chi connectivity index (χ3n) is 1.11. The average Bonchev–Trinajstić information content (AvgIpc) is 1.84. The number of aliphatic hydroxyl groups excluding tert-OH is 1. The first-order chi connectivity index (χ1) is 4.99. The summed E-state index contributed by atoms with van der Waals surface area (Å²) in [5.74, 6) is 0. The second-order valence-corrected chi connectivity index (χ2v) is 2.16. The lowest BCUT2D eigenvalue weighted by molar-refractivity contribution is -0.346. The van der Waals surface area contributed by atoms with Gasteiger partial charge < -0.3 is 5.11 Å². The Balaban J connectivity index is 3.68. The van der Waals surface area contributed by atoms with Crippen LogP contribution in [0.4, 0.5) is 13.2 Å². The first-order valence-electron chi connectivity index (χ1n) is 3.35. The van der Waals surface area contributed by atoms with Crippen LogP contribution in [-0.2, 0) is 4.74 Å². The standard InChI is InChI=1S/C6H11F3O2/c1-2-3-5(4-10)11-6(7,8)9/h5,10H,2-4H2,1H3/t5-/m1/s1. The van der Waals surface area contributed by atoms with Gasteiger partial charge in [0.25, 0.3) is 0 Å². The summed E-state index contributed by atoms with van der Waals surface area (Å²) in [6, 6.07) is 0. The average molecular weight is 172 g/mol. The summed E-state index contributed by atoms with van der Waals surface area (Å²) in [7, 11) is 0. The highest BCUT2D eigenvalue weighted by atomic mass is 19.4. The molecule has 68 valence electrons. The topological polar surface area (TPSA) is 29.5 Å². The molecule has 0 amide bonds. The van der Waals surface area contributed by atoms with E-state index in [1.165, 1.54) is 0 Å². The predicted octanol–water partition coefficient (Wildman–Crippen LogP) is 1.68. The minimum atomic E-state index is -4.64. The van der Waals surface area contributed by atoms with E-state index in [0.29, 0.717) is 6.42 Å². The summed E-state index contributed by atoms with van der Waals surface area (Å²) in [5, 5.41) is 8.40. The van der Waals surface area contributed by atoms with Crippen LogP contribution in [0.15, 0.2) is 0 Å². The van der Waals surface area contributed by atoms with E-state index in [4.69, 9.17) is 5.11 Å². The van der Waals surface area contributed by atoms with E-state index < -0.39 is 19.1 Å². The Hall–Kier alpha value is -0.290. The van der Waals surface area contributed by atoms with Crippen LogP contribution in [0, 0.1) is 0 Å². The van der Waals surface area contributed by atoms with Crippen molar-refractivity contribution < 1.29 is 23.0 Å². The normalized spacial score (nSPS) is 15.0. The van der Waals surface area contributed by atoms with Gasteiger partial charge in [0.1, 0.15) is 0 Å². The maximum atomic E-state index is 11.5. The Morgan fingerprint density at radius 3 is 2.27 bits per heavy atom. The van der Waals surface area contributed by atoms with Crippen molar-refractivity contribution in [2.75, 3.05) is 6.61 Å². The molecule has 0 saturated heterocycles. The number of halogens is 3. The van der Waals surface area contributed by atoms with Gasteiger partial charge in [-0.25, -0.2) is 0 Å². The lowest BCUT2D eigenvalue weighted by atomic mass is 10.2. The van der Waals surface area contributed by atoms with Gasteiger partial charge in [-0.15, -0.1) is 13.2 Å². The molecule has 0 aliphatic rings. The Kier molecular flexibility index (Phi) is 4.44. The van der Waals surface area contributed by atoms with E-state index in [-0.39, 0.29) is 6.42 Å². The maximum absolute atomic E-state index is 11.5. The predicted molar refractivity (Wildman–Crippen MR) is 32.9 cm³/mol. The van der Waals surface area contributed by atoms with Gasteiger partial charge >= 0.3 is 6.36 Å². The SMILES string of the molecule is CCC[C@H](CO)OC(F)(F)F. The van der Waals surface area contributed by atoms with Gasteiger partial charge in [-0.3, -0.25) is 4.74 Å². The molecule has 0 aromatic heterocycles. The molecule has 0 aliphatic carbocycles. The summed E-state index contributed by atoms with van der Waals surface area (Å²) in [4.78, 5) is 0. The van der Waals surface area contributed by atoms with Crippen molar-refractivity contribution in [3.63, 3.8) is 0 Å². The van der Waals surface area contributed by atoms with Crippen molar-refractivity contribution in [3.8, 4) is 0 Å². The largest absolute Gasteiger partial charge is 0.522 e. The van der Waals surface area contributed by atoms with Gasteiger partial charge in [0.05, 0.1) is 12.7 Å². The highest BCUT2D eigenvalue weighted by molar-refractivity contribution is 4.54. The molecule has 2 nitrogen and oxygen atoms in total. The molecule has 0 bridgehead atoms. The van der Waals surface area contributed by atoms with Crippen molar-refractivity contribution in [3.05, 3.63) is 0 Å². The van der Waals surface area contributed by atoms with Crippen LogP contribution in [0.1, 0.15) is 19.8 Å². The molecular formula is C6H11F3O2. The third kappa shape index (κ3) is 6.12. The number of ether oxygens (including phenoxy) is 1. The lowest BCUT2D eigenvalue weighted by Crippen LogP contribution is -2.26. The molecule has 0 spiro atoms. The zero-order chi connectivity index (χ0) is 8.91. The van der Waals surface area contributed by atoms with E-state index in [0.717, 1.165) is 0 Å². The molecule has 0 saturated carbocycles. The molecule has 0 aromatic carbocycles. The fourth-order valence-corrected chi connectivity index (χ4v) is 0.698. The van der Waals surface area contributed by atoms with E-state index in [1.54, 1.807) is 6.92 Å². The van der Waals surface area contributed by atoms with Crippen LogP contribution in [0.2, 0.25) is 0 Å². The smallest absolute Gasteiger partial charge is 0.394 e. The van der Waals surface area contributed by atoms with Crippen molar-refractivity contribution in [1.82, 2.24) is 0 Å². The van der Waals surface area contributed by atoms with Crippen LogP contribution in [-0.4, -0.2) is 24.2 Å². The van der Waals surface area contributed by atoms with E-state index in [1.807, 2.05) is 0 Å². The van der Waals surface area contributed by atoms with Gasteiger partial charge in [-0.1, -0.05) is 13.3 Å². The molecule has 5 heteroatoms. The molecule has 11 heavy (non-hydrogen) atoms. The van der Waals surface area contributed by atoms with Gasteiger partial charge in [-0.05, 0) is 6.42 Å².